The van der Waals surface area contributed by atoms with Crippen molar-refractivity contribution in [2.24, 2.45) is 5.92 Å². The fourth-order valence-corrected chi connectivity index (χ4v) is 8.29. The van der Waals surface area contributed by atoms with Gasteiger partial charge in [0.05, 0.1) is 0 Å². The summed E-state index contributed by atoms with van der Waals surface area (Å²) in [7, 11) is 0. The molecule has 4 nitrogen and oxygen atoms in total. The van der Waals surface area contributed by atoms with Crippen LogP contribution >= 0.6 is 0 Å². The smallest absolute Gasteiger partial charge is 0.164 e. The molecule has 0 saturated heterocycles. The van der Waals surface area contributed by atoms with Crippen molar-refractivity contribution in [3.8, 4) is 45.3 Å². The van der Waals surface area contributed by atoms with Crippen molar-refractivity contribution in [3.05, 3.63) is 193 Å². The second-order valence-corrected chi connectivity index (χ2v) is 14.3. The Kier molecular flexibility index (Phi) is 7.27. The highest BCUT2D eigenvalue weighted by atomic mass is 16.3. The van der Waals surface area contributed by atoms with Crippen molar-refractivity contribution in [3.63, 3.8) is 0 Å². The van der Waals surface area contributed by atoms with Gasteiger partial charge in [-0.15, -0.1) is 0 Å². The molecule has 2 aliphatic rings. The molecule has 0 fully saturated rings. The number of aromatic nitrogens is 3. The third-order valence-corrected chi connectivity index (χ3v) is 11.1. The van der Waals surface area contributed by atoms with E-state index in [9.17, 15) is 0 Å². The molecule has 2 aromatic heterocycles. The fourth-order valence-electron chi connectivity index (χ4n) is 8.29. The maximum Gasteiger partial charge on any atom is 0.164 e. The monoisotopic (exact) mass is 703 g/mol. The SMILES string of the molecule is C1=CC2=CC(c3ccc(-c4nc(-c5ccc6ccccc6c5)nc(-c5ccc(-c6cccc7oc8ccccc8c67)c6ccccc56)n4)cc3)=CCC2C=C1. The number of hydrogen-bond acceptors (Lipinski definition) is 4. The minimum atomic E-state index is 0.467. The molecule has 7 aromatic carbocycles. The van der Waals surface area contributed by atoms with Crippen LogP contribution in [-0.2, 0) is 0 Å². The Hall–Kier alpha value is -7.17. The fraction of sp³-hybridized carbons (Fsp3) is 0.0392. The highest BCUT2D eigenvalue weighted by Gasteiger charge is 2.20. The Morgan fingerprint density at radius 3 is 2.04 bits per heavy atom. The summed E-state index contributed by atoms with van der Waals surface area (Å²) in [5.74, 6) is 2.38. The number of fused-ring (bicyclic) bond motifs is 6. The van der Waals surface area contributed by atoms with Gasteiger partial charge in [0, 0.05) is 33.4 Å². The highest BCUT2D eigenvalue weighted by molar-refractivity contribution is 6.16. The average Bonchev–Trinajstić information content (AvgIpc) is 3.65. The van der Waals surface area contributed by atoms with Crippen LogP contribution in [0.25, 0.3) is 94.3 Å². The molecule has 2 heterocycles. The van der Waals surface area contributed by atoms with Gasteiger partial charge in [-0.05, 0) is 80.1 Å². The zero-order chi connectivity index (χ0) is 36.3. The molecular weight excluding hydrogens is 671 g/mol. The van der Waals surface area contributed by atoms with Gasteiger partial charge in [-0.1, -0.05) is 158 Å². The topological polar surface area (TPSA) is 51.8 Å². The summed E-state index contributed by atoms with van der Waals surface area (Å²) in [5.41, 5.74) is 10.7. The number of hydrogen-bond donors (Lipinski definition) is 0. The molecule has 11 rings (SSSR count). The van der Waals surface area contributed by atoms with E-state index in [1.807, 2.05) is 18.2 Å². The van der Waals surface area contributed by atoms with Gasteiger partial charge in [-0.2, -0.15) is 0 Å². The first-order valence-electron chi connectivity index (χ1n) is 18.8. The lowest BCUT2D eigenvalue weighted by Crippen LogP contribution is -2.05. The quantitative estimate of drug-likeness (QED) is 0.179. The van der Waals surface area contributed by atoms with E-state index in [1.54, 1.807) is 0 Å². The lowest BCUT2D eigenvalue weighted by molar-refractivity contribution is 0.669. The van der Waals surface area contributed by atoms with Gasteiger partial charge in [0.15, 0.2) is 17.5 Å². The number of benzene rings is 7. The van der Waals surface area contributed by atoms with E-state index in [1.165, 1.54) is 22.1 Å². The Bertz CT molecular complexity index is 3120. The second kappa shape index (κ2) is 12.8. The molecule has 0 N–H and O–H groups in total. The summed E-state index contributed by atoms with van der Waals surface area (Å²) in [4.78, 5) is 15.5. The predicted molar refractivity (Wildman–Crippen MR) is 226 cm³/mol. The van der Waals surface area contributed by atoms with Gasteiger partial charge >= 0.3 is 0 Å². The van der Waals surface area contributed by atoms with Gasteiger partial charge < -0.3 is 4.42 Å². The van der Waals surface area contributed by atoms with Gasteiger partial charge in [0.1, 0.15) is 11.2 Å². The molecule has 9 aromatic rings. The molecule has 2 aliphatic carbocycles. The van der Waals surface area contributed by atoms with Crippen molar-refractivity contribution in [1.29, 1.82) is 0 Å². The predicted octanol–water partition coefficient (Wildman–Crippen LogP) is 13.2. The molecule has 0 saturated carbocycles. The van der Waals surface area contributed by atoms with Crippen LogP contribution in [0.5, 0.6) is 0 Å². The lowest BCUT2D eigenvalue weighted by Gasteiger charge is -2.21. The van der Waals surface area contributed by atoms with Crippen molar-refractivity contribution < 1.29 is 4.42 Å². The maximum atomic E-state index is 6.28. The summed E-state index contributed by atoms with van der Waals surface area (Å²) in [5, 5.41) is 6.74. The molecule has 1 unspecified atom stereocenters. The van der Waals surface area contributed by atoms with E-state index in [4.69, 9.17) is 19.4 Å². The van der Waals surface area contributed by atoms with Crippen LogP contribution < -0.4 is 0 Å². The van der Waals surface area contributed by atoms with Crippen LogP contribution in [0.1, 0.15) is 12.0 Å². The Labute approximate surface area is 318 Å². The summed E-state index contributed by atoms with van der Waals surface area (Å²) in [6.07, 6.45) is 14.4. The number of para-hydroxylation sites is 1. The van der Waals surface area contributed by atoms with Gasteiger partial charge in [-0.3, -0.25) is 0 Å². The van der Waals surface area contributed by atoms with Crippen molar-refractivity contribution in [2.75, 3.05) is 0 Å². The third kappa shape index (κ3) is 5.42. The van der Waals surface area contributed by atoms with Crippen LogP contribution in [0.3, 0.4) is 0 Å². The molecule has 258 valence electrons. The zero-order valence-electron chi connectivity index (χ0n) is 29.9. The van der Waals surface area contributed by atoms with Gasteiger partial charge in [0.25, 0.3) is 0 Å². The van der Waals surface area contributed by atoms with Gasteiger partial charge in [0.2, 0.25) is 0 Å². The standard InChI is InChI=1S/C51H33N3O/c1-3-12-36-30-38(26-22-32(36)10-1)34-20-24-35(25-21-34)49-52-50(39-27-23-33-11-2-4-13-37(33)31-39)54-51(53-49)44-29-28-42(40-14-5-6-15-41(40)44)43-17-9-19-47-48(43)45-16-7-8-18-46(45)55-47/h1-21,23-32H,22H2. The number of allylic oxidation sites excluding steroid dienone is 8. The summed E-state index contributed by atoms with van der Waals surface area (Å²) < 4.78 is 6.28. The second-order valence-electron chi connectivity index (χ2n) is 14.3. The van der Waals surface area contributed by atoms with Crippen molar-refractivity contribution >= 4 is 49.1 Å². The van der Waals surface area contributed by atoms with Crippen LogP contribution in [0.2, 0.25) is 0 Å². The van der Waals surface area contributed by atoms with E-state index in [-0.39, 0.29) is 0 Å². The summed E-state index contributed by atoms with van der Waals surface area (Å²) in [6.45, 7) is 0. The Morgan fingerprint density at radius 2 is 1.16 bits per heavy atom. The van der Waals surface area contributed by atoms with E-state index in [0.717, 1.165) is 72.3 Å². The molecule has 0 aliphatic heterocycles. The van der Waals surface area contributed by atoms with Crippen LogP contribution in [0, 0.1) is 5.92 Å². The molecule has 4 heteroatoms. The largest absolute Gasteiger partial charge is 0.456 e. The third-order valence-electron chi connectivity index (χ3n) is 11.1. The highest BCUT2D eigenvalue weighted by Crippen LogP contribution is 2.42. The molecular formula is C51H33N3O. The summed E-state index contributed by atoms with van der Waals surface area (Å²) in [6, 6.07) is 50.9. The van der Waals surface area contributed by atoms with Crippen molar-refractivity contribution in [1.82, 2.24) is 15.0 Å². The van der Waals surface area contributed by atoms with E-state index in [2.05, 4.69) is 164 Å². The molecule has 0 radical (unpaired) electrons. The number of furan rings is 1. The average molecular weight is 704 g/mol. The lowest BCUT2D eigenvalue weighted by atomic mass is 9.84. The first-order chi connectivity index (χ1) is 27.2. The van der Waals surface area contributed by atoms with Crippen LogP contribution in [-0.4, -0.2) is 15.0 Å². The van der Waals surface area contributed by atoms with E-state index < -0.39 is 0 Å². The Morgan fingerprint density at radius 1 is 0.491 bits per heavy atom. The van der Waals surface area contributed by atoms with Gasteiger partial charge in [-0.25, -0.2) is 15.0 Å². The minimum absolute atomic E-state index is 0.467. The molecule has 55 heavy (non-hydrogen) atoms. The normalized spacial score (nSPS) is 15.1. The number of nitrogens with zero attached hydrogens (tertiary/aromatic N) is 3. The van der Waals surface area contributed by atoms with Crippen LogP contribution in [0.4, 0.5) is 0 Å². The maximum absolute atomic E-state index is 6.28. The first-order valence-corrected chi connectivity index (χ1v) is 18.8. The van der Waals surface area contributed by atoms with Crippen molar-refractivity contribution in [2.45, 2.75) is 6.42 Å². The zero-order valence-corrected chi connectivity index (χ0v) is 29.9. The molecule has 0 amide bonds. The van der Waals surface area contributed by atoms with E-state index >= 15 is 0 Å². The number of rotatable bonds is 5. The minimum Gasteiger partial charge on any atom is -0.456 e. The van der Waals surface area contributed by atoms with Crippen LogP contribution in [0.15, 0.2) is 192 Å². The molecule has 0 bridgehead atoms. The van der Waals surface area contributed by atoms with E-state index in [0.29, 0.717) is 23.4 Å². The first kappa shape index (κ1) is 31.4. The Balaban J connectivity index is 1.06. The molecule has 0 spiro atoms. The summed E-state index contributed by atoms with van der Waals surface area (Å²) >= 11 is 0. The molecule has 1 atom stereocenters.